The number of aromatic carboxylic acids is 1. The van der Waals surface area contributed by atoms with Gasteiger partial charge in [0.15, 0.2) is 0 Å². The normalized spacial score (nSPS) is 11.5. The van der Waals surface area contributed by atoms with Crippen molar-refractivity contribution in [3.05, 3.63) is 88.1 Å². The Kier molecular flexibility index (Phi) is 7.23. The average Bonchev–Trinajstić information content (AvgIpc) is 3.06. The average molecular weight is 420 g/mol. The molecule has 0 amide bonds. The van der Waals surface area contributed by atoms with E-state index in [1.165, 1.54) is 4.68 Å². The molecule has 31 heavy (non-hydrogen) atoms. The Morgan fingerprint density at radius 3 is 2.48 bits per heavy atom. The van der Waals surface area contributed by atoms with Crippen LogP contribution in [0.25, 0.3) is 11.1 Å². The summed E-state index contributed by atoms with van der Waals surface area (Å²) in [5.74, 6) is 0.371. The summed E-state index contributed by atoms with van der Waals surface area (Å²) in [6.45, 7) is 7.14. The summed E-state index contributed by atoms with van der Waals surface area (Å²) < 4.78 is 3.25. The molecular weight excluding hydrogens is 390 g/mol. The zero-order chi connectivity index (χ0) is 22.4. The van der Waals surface area contributed by atoms with Crippen LogP contribution in [-0.4, -0.2) is 25.4 Å². The van der Waals surface area contributed by atoms with E-state index in [0.29, 0.717) is 24.6 Å². The molecule has 0 saturated carbocycles. The lowest BCUT2D eigenvalue weighted by atomic mass is 9.99. The van der Waals surface area contributed by atoms with Crippen LogP contribution in [0.3, 0.4) is 0 Å². The highest BCUT2D eigenvalue weighted by Gasteiger charge is 2.15. The molecule has 1 N–H and O–H groups in total. The van der Waals surface area contributed by atoms with Gasteiger partial charge >= 0.3 is 11.7 Å². The Morgan fingerprint density at radius 2 is 1.84 bits per heavy atom. The Morgan fingerprint density at radius 1 is 1.13 bits per heavy atom. The van der Waals surface area contributed by atoms with Crippen LogP contribution >= 0.6 is 0 Å². The minimum Gasteiger partial charge on any atom is -0.478 e. The molecule has 2 aromatic carbocycles. The molecule has 0 saturated heterocycles. The lowest BCUT2D eigenvalue weighted by molar-refractivity contribution is 0.0697. The van der Waals surface area contributed by atoms with E-state index in [0.717, 1.165) is 29.8 Å². The number of carbonyl (C=O) groups is 1. The van der Waals surface area contributed by atoms with Gasteiger partial charge in [-0.05, 0) is 42.0 Å². The molecule has 3 aromatic rings. The zero-order valence-electron chi connectivity index (χ0n) is 18.3. The SMILES string of the molecule is CC=CCn1nc(CCC(C)C)n(Cc2ccc(-c3ccccc3C(=O)O)cc2)c1=O. The fraction of sp³-hybridized carbons (Fsp3) is 0.320. The molecule has 0 aliphatic rings. The Labute approximate surface area is 182 Å². The van der Waals surface area contributed by atoms with E-state index in [4.69, 9.17) is 0 Å². The third kappa shape index (κ3) is 5.40. The lowest BCUT2D eigenvalue weighted by Gasteiger charge is -2.09. The molecule has 162 valence electrons. The minimum atomic E-state index is -0.949. The van der Waals surface area contributed by atoms with Crippen LogP contribution < -0.4 is 5.69 Å². The topological polar surface area (TPSA) is 77.1 Å². The molecule has 0 aliphatic heterocycles. The molecule has 0 atom stereocenters. The molecular formula is C25H29N3O3. The van der Waals surface area contributed by atoms with Crippen molar-refractivity contribution in [2.45, 2.75) is 46.7 Å². The van der Waals surface area contributed by atoms with Gasteiger partial charge in [-0.15, -0.1) is 0 Å². The molecule has 3 rings (SSSR count). The molecule has 0 aliphatic carbocycles. The number of aryl methyl sites for hydroxylation is 1. The van der Waals surface area contributed by atoms with Crippen molar-refractivity contribution in [2.24, 2.45) is 5.92 Å². The van der Waals surface area contributed by atoms with E-state index < -0.39 is 5.97 Å². The van der Waals surface area contributed by atoms with Crippen LogP contribution in [0.15, 0.2) is 65.5 Å². The number of benzene rings is 2. The first-order chi connectivity index (χ1) is 14.9. The van der Waals surface area contributed by atoms with Gasteiger partial charge in [0.2, 0.25) is 0 Å². The van der Waals surface area contributed by atoms with Gasteiger partial charge in [-0.3, -0.25) is 4.57 Å². The first-order valence-electron chi connectivity index (χ1n) is 10.6. The van der Waals surface area contributed by atoms with Crippen LogP contribution in [0.4, 0.5) is 0 Å². The second kappa shape index (κ2) is 10.1. The standard InChI is InChI=1S/C25H29N3O3/c1-4-5-16-28-25(31)27(23(26-28)15-10-18(2)3)17-19-11-13-20(14-12-19)21-8-6-7-9-22(21)24(29)30/h4-9,11-14,18H,10,15-17H2,1-3H3,(H,29,30). The van der Waals surface area contributed by atoms with Crippen LogP contribution in [0.5, 0.6) is 0 Å². The van der Waals surface area contributed by atoms with Gasteiger partial charge in [-0.25, -0.2) is 14.3 Å². The summed E-state index contributed by atoms with van der Waals surface area (Å²) in [5, 5.41) is 14.0. The van der Waals surface area contributed by atoms with Gasteiger partial charge in [-0.1, -0.05) is 68.5 Å². The Balaban J connectivity index is 1.89. The largest absolute Gasteiger partial charge is 0.478 e. The molecule has 0 unspecified atom stereocenters. The summed E-state index contributed by atoms with van der Waals surface area (Å²) in [4.78, 5) is 24.4. The summed E-state index contributed by atoms with van der Waals surface area (Å²) >= 11 is 0. The highest BCUT2D eigenvalue weighted by Crippen LogP contribution is 2.24. The molecule has 1 aromatic heterocycles. The van der Waals surface area contributed by atoms with Crippen molar-refractivity contribution in [3.8, 4) is 11.1 Å². The number of allylic oxidation sites excluding steroid dienone is 2. The monoisotopic (exact) mass is 419 g/mol. The number of carboxylic acids is 1. The number of rotatable bonds is 9. The van der Waals surface area contributed by atoms with Gasteiger partial charge in [-0.2, -0.15) is 5.10 Å². The van der Waals surface area contributed by atoms with E-state index in [9.17, 15) is 14.7 Å². The van der Waals surface area contributed by atoms with Crippen molar-refractivity contribution in [3.63, 3.8) is 0 Å². The van der Waals surface area contributed by atoms with Crippen LogP contribution in [0.2, 0.25) is 0 Å². The van der Waals surface area contributed by atoms with Gasteiger partial charge in [0.05, 0.1) is 18.7 Å². The lowest BCUT2D eigenvalue weighted by Crippen LogP contribution is -2.25. The first kappa shape index (κ1) is 22.3. The van der Waals surface area contributed by atoms with Crippen LogP contribution in [0, 0.1) is 5.92 Å². The quantitative estimate of drug-likeness (QED) is 0.513. The number of aromatic nitrogens is 3. The van der Waals surface area contributed by atoms with Gasteiger partial charge in [0.1, 0.15) is 5.82 Å². The molecule has 0 radical (unpaired) electrons. The van der Waals surface area contributed by atoms with E-state index in [-0.39, 0.29) is 11.3 Å². The van der Waals surface area contributed by atoms with E-state index >= 15 is 0 Å². The predicted octanol–water partition coefficient (Wildman–Crippen LogP) is 4.62. The number of carboxylic acid groups (broad SMARTS) is 1. The summed E-state index contributed by atoms with van der Waals surface area (Å²) in [7, 11) is 0. The summed E-state index contributed by atoms with van der Waals surface area (Å²) in [6, 6.07) is 14.6. The molecule has 6 nitrogen and oxygen atoms in total. The second-order valence-corrected chi connectivity index (χ2v) is 8.02. The van der Waals surface area contributed by atoms with E-state index in [1.807, 2.05) is 49.4 Å². The van der Waals surface area contributed by atoms with Gasteiger partial charge < -0.3 is 5.11 Å². The van der Waals surface area contributed by atoms with Crippen molar-refractivity contribution in [1.82, 2.24) is 14.3 Å². The smallest absolute Gasteiger partial charge is 0.346 e. The number of nitrogens with zero attached hydrogens (tertiary/aromatic N) is 3. The van der Waals surface area contributed by atoms with Gasteiger partial charge in [0, 0.05) is 6.42 Å². The molecule has 6 heteroatoms. The highest BCUT2D eigenvalue weighted by atomic mass is 16.4. The fourth-order valence-corrected chi connectivity index (χ4v) is 3.47. The number of hydrogen-bond acceptors (Lipinski definition) is 3. The summed E-state index contributed by atoms with van der Waals surface area (Å²) in [6.07, 6.45) is 5.54. The molecule has 0 spiro atoms. The Hall–Kier alpha value is -3.41. The maximum Gasteiger partial charge on any atom is 0.346 e. The van der Waals surface area contributed by atoms with E-state index in [2.05, 4.69) is 18.9 Å². The van der Waals surface area contributed by atoms with Crippen molar-refractivity contribution in [2.75, 3.05) is 0 Å². The highest BCUT2D eigenvalue weighted by molar-refractivity contribution is 5.95. The van der Waals surface area contributed by atoms with Crippen molar-refractivity contribution >= 4 is 5.97 Å². The third-order valence-corrected chi connectivity index (χ3v) is 5.22. The molecule has 0 bridgehead atoms. The van der Waals surface area contributed by atoms with Crippen molar-refractivity contribution < 1.29 is 9.90 Å². The van der Waals surface area contributed by atoms with Crippen molar-refractivity contribution in [1.29, 1.82) is 0 Å². The van der Waals surface area contributed by atoms with E-state index in [1.54, 1.807) is 22.8 Å². The zero-order valence-corrected chi connectivity index (χ0v) is 18.3. The fourth-order valence-electron chi connectivity index (χ4n) is 3.47. The maximum atomic E-state index is 12.9. The molecule has 1 heterocycles. The predicted molar refractivity (Wildman–Crippen MR) is 122 cm³/mol. The minimum absolute atomic E-state index is 0.114. The van der Waals surface area contributed by atoms with Gasteiger partial charge in [0.25, 0.3) is 0 Å². The summed E-state index contributed by atoms with van der Waals surface area (Å²) in [5.41, 5.74) is 2.63. The molecule has 0 fully saturated rings. The third-order valence-electron chi connectivity index (χ3n) is 5.22. The first-order valence-corrected chi connectivity index (χ1v) is 10.6. The van der Waals surface area contributed by atoms with Crippen LogP contribution in [0.1, 0.15) is 48.9 Å². The maximum absolute atomic E-state index is 12.9. The second-order valence-electron chi connectivity index (χ2n) is 8.02. The Bertz CT molecular complexity index is 1120. The van der Waals surface area contributed by atoms with Crippen LogP contribution in [-0.2, 0) is 19.5 Å². The number of hydrogen-bond donors (Lipinski definition) is 1.